The molecule has 2 aromatic rings. The zero-order valence-electron chi connectivity index (χ0n) is 17.9. The molecule has 1 unspecified atom stereocenters. The summed E-state index contributed by atoms with van der Waals surface area (Å²) in [6.07, 6.45) is 4.58. The number of nitrogens with zero attached hydrogens (tertiary/aromatic N) is 4. The lowest BCUT2D eigenvalue weighted by Crippen LogP contribution is -2.44. The van der Waals surface area contributed by atoms with Gasteiger partial charge in [-0.3, -0.25) is 14.9 Å². The maximum Gasteiger partial charge on any atom is 0.410 e. The highest BCUT2D eigenvalue weighted by atomic mass is 16.6. The average Bonchev–Trinajstić information content (AvgIpc) is 2.72. The summed E-state index contributed by atoms with van der Waals surface area (Å²) in [5.74, 6) is 11.7. The highest BCUT2D eigenvalue weighted by Crippen LogP contribution is 2.12. The molecule has 2 heterocycles. The Hall–Kier alpha value is -3.44. The lowest BCUT2D eigenvalue weighted by molar-refractivity contribution is 0.0262. The highest BCUT2D eigenvalue weighted by molar-refractivity contribution is 5.85. The molecule has 8 heteroatoms. The van der Waals surface area contributed by atoms with Crippen LogP contribution < -0.4 is 5.90 Å². The van der Waals surface area contributed by atoms with E-state index >= 15 is 0 Å². The van der Waals surface area contributed by atoms with Gasteiger partial charge in [0.25, 0.3) is 0 Å². The molecule has 30 heavy (non-hydrogen) atoms. The van der Waals surface area contributed by atoms with E-state index in [1.165, 1.54) is 4.90 Å². The molecule has 8 nitrogen and oxygen atoms in total. The summed E-state index contributed by atoms with van der Waals surface area (Å²) in [5, 5.41) is 0. The summed E-state index contributed by atoms with van der Waals surface area (Å²) in [6.45, 7) is 7.40. The second-order valence-electron chi connectivity index (χ2n) is 7.56. The van der Waals surface area contributed by atoms with Gasteiger partial charge in [0, 0.05) is 36.8 Å². The number of hydrogen-bond donors (Lipinski definition) is 1. The number of rotatable bonds is 4. The molecule has 2 aromatic heterocycles. The van der Waals surface area contributed by atoms with Crippen LogP contribution in [0.3, 0.4) is 0 Å². The van der Waals surface area contributed by atoms with Crippen molar-refractivity contribution in [1.82, 2.24) is 14.9 Å². The molecule has 2 N–H and O–H groups in total. The van der Waals surface area contributed by atoms with Gasteiger partial charge in [-0.1, -0.05) is 11.8 Å². The monoisotopic (exact) mass is 409 g/mol. The first-order valence-electron chi connectivity index (χ1n) is 9.43. The van der Waals surface area contributed by atoms with Crippen LogP contribution in [0.5, 0.6) is 0 Å². The van der Waals surface area contributed by atoms with E-state index in [9.17, 15) is 4.79 Å². The van der Waals surface area contributed by atoms with E-state index in [0.29, 0.717) is 5.69 Å². The maximum absolute atomic E-state index is 12.2. The molecule has 0 aliphatic rings. The number of hydrogen-bond acceptors (Lipinski definition) is 7. The highest BCUT2D eigenvalue weighted by Gasteiger charge is 2.26. The number of aromatic nitrogens is 2. The predicted molar refractivity (Wildman–Crippen MR) is 114 cm³/mol. The molecular formula is C22H27N5O3. The van der Waals surface area contributed by atoms with Crippen LogP contribution in [-0.2, 0) is 16.1 Å². The van der Waals surface area contributed by atoms with Crippen LogP contribution in [0.4, 0.5) is 4.79 Å². The molecule has 2 rings (SSSR count). The number of nitrogens with two attached hydrogens (primary N) is 1. The van der Waals surface area contributed by atoms with Crippen molar-refractivity contribution in [2.24, 2.45) is 10.9 Å². The minimum atomic E-state index is -0.599. The molecular weight excluding hydrogens is 382 g/mol. The number of pyridine rings is 2. The van der Waals surface area contributed by atoms with Crippen molar-refractivity contribution in [2.75, 3.05) is 7.05 Å². The van der Waals surface area contributed by atoms with Crippen LogP contribution in [0.15, 0.2) is 47.8 Å². The molecule has 0 aliphatic carbocycles. The Morgan fingerprint density at radius 1 is 1.20 bits per heavy atom. The van der Waals surface area contributed by atoms with Crippen LogP contribution in [0.1, 0.15) is 44.5 Å². The van der Waals surface area contributed by atoms with Crippen molar-refractivity contribution in [3.8, 4) is 11.8 Å². The molecule has 158 valence electrons. The Kier molecular flexibility index (Phi) is 7.90. The van der Waals surface area contributed by atoms with Gasteiger partial charge in [-0.2, -0.15) is 5.90 Å². The fourth-order valence-corrected chi connectivity index (χ4v) is 2.26. The Balaban J connectivity index is 2.02. The fraction of sp³-hybridized carbons (Fsp3) is 0.364. The maximum atomic E-state index is 12.2. The van der Waals surface area contributed by atoms with Crippen LogP contribution in [0.2, 0.25) is 0 Å². The van der Waals surface area contributed by atoms with E-state index in [1.54, 1.807) is 53.3 Å². The molecule has 0 spiro atoms. The second kappa shape index (κ2) is 10.4. The molecule has 0 aromatic carbocycles. The van der Waals surface area contributed by atoms with Gasteiger partial charge in [0.2, 0.25) is 5.90 Å². The Morgan fingerprint density at radius 2 is 1.87 bits per heavy atom. The number of likely N-dealkylation sites (N-methyl/N-ethyl adjacent to an activating group) is 1. The largest absolute Gasteiger partial charge is 0.444 e. The quantitative estimate of drug-likeness (QED) is 0.360. The van der Waals surface area contributed by atoms with Gasteiger partial charge in [0.15, 0.2) is 0 Å². The first-order valence-corrected chi connectivity index (χ1v) is 9.43. The van der Waals surface area contributed by atoms with Crippen molar-refractivity contribution in [3.63, 3.8) is 0 Å². The van der Waals surface area contributed by atoms with Gasteiger partial charge in [-0.15, -0.1) is 0 Å². The van der Waals surface area contributed by atoms with Crippen molar-refractivity contribution in [1.29, 1.82) is 0 Å². The predicted octanol–water partition coefficient (Wildman–Crippen LogP) is 2.92. The Morgan fingerprint density at radius 3 is 2.43 bits per heavy atom. The first-order chi connectivity index (χ1) is 14.2. The van der Waals surface area contributed by atoms with Gasteiger partial charge in [-0.25, -0.2) is 9.79 Å². The summed E-state index contributed by atoms with van der Waals surface area (Å²) in [4.78, 5) is 31.2. The SMILES string of the molecule is CC(C(=NCc1ccc(C#Cc2ccncc2)cn1)ON)N(C)C(=O)OC(C)(C)C. The summed E-state index contributed by atoms with van der Waals surface area (Å²) in [6, 6.07) is 6.87. The van der Waals surface area contributed by atoms with E-state index < -0.39 is 17.7 Å². The summed E-state index contributed by atoms with van der Waals surface area (Å²) < 4.78 is 5.35. The normalized spacial score (nSPS) is 12.4. The number of aliphatic imine (C=N–C) groups is 1. The third-order valence-corrected chi connectivity index (χ3v) is 3.99. The molecule has 0 fully saturated rings. The average molecular weight is 409 g/mol. The summed E-state index contributed by atoms with van der Waals surface area (Å²) >= 11 is 0. The second-order valence-corrected chi connectivity index (χ2v) is 7.56. The Bertz CT molecular complexity index is 925. The minimum absolute atomic E-state index is 0.201. The van der Waals surface area contributed by atoms with Crippen LogP contribution in [0.25, 0.3) is 0 Å². The van der Waals surface area contributed by atoms with Crippen LogP contribution in [0, 0.1) is 11.8 Å². The third kappa shape index (κ3) is 7.18. The number of carbonyl (C=O) groups is 1. The minimum Gasteiger partial charge on any atom is -0.444 e. The summed E-state index contributed by atoms with van der Waals surface area (Å²) in [7, 11) is 1.60. The number of amides is 1. The van der Waals surface area contributed by atoms with E-state index in [0.717, 1.165) is 11.1 Å². The van der Waals surface area contributed by atoms with E-state index in [2.05, 4.69) is 26.8 Å². The van der Waals surface area contributed by atoms with E-state index in [-0.39, 0.29) is 12.4 Å². The zero-order valence-corrected chi connectivity index (χ0v) is 17.9. The van der Waals surface area contributed by atoms with Crippen LogP contribution >= 0.6 is 0 Å². The molecule has 0 bridgehead atoms. The smallest absolute Gasteiger partial charge is 0.410 e. The zero-order chi connectivity index (χ0) is 22.1. The molecule has 0 saturated heterocycles. The van der Waals surface area contributed by atoms with Crippen molar-refractivity contribution in [3.05, 3.63) is 59.7 Å². The number of carbonyl (C=O) groups excluding carboxylic acids is 1. The topological polar surface area (TPSA) is 103 Å². The third-order valence-electron chi connectivity index (χ3n) is 3.99. The molecule has 0 radical (unpaired) electrons. The summed E-state index contributed by atoms with van der Waals surface area (Å²) in [5.41, 5.74) is 1.78. The molecule has 1 atom stereocenters. The number of ether oxygens (including phenoxy) is 1. The standard InChI is InChI=1S/C22H27N5O3/c1-16(27(5)21(28)29-22(2,3)4)20(30-23)26-15-19-9-8-18(14-25-19)7-6-17-10-12-24-13-11-17/h8-14,16H,15,23H2,1-5H3. The molecule has 0 saturated carbocycles. The van der Waals surface area contributed by atoms with Crippen molar-refractivity contribution >= 4 is 12.0 Å². The van der Waals surface area contributed by atoms with Crippen molar-refractivity contribution < 1.29 is 14.4 Å². The van der Waals surface area contributed by atoms with Gasteiger partial charge < -0.3 is 9.57 Å². The Labute approximate surface area is 177 Å². The van der Waals surface area contributed by atoms with Crippen molar-refractivity contribution in [2.45, 2.75) is 45.9 Å². The van der Waals surface area contributed by atoms with Gasteiger partial charge in [0.05, 0.1) is 12.2 Å². The first kappa shape index (κ1) is 22.8. The van der Waals surface area contributed by atoms with E-state index in [1.807, 2.05) is 24.3 Å². The van der Waals surface area contributed by atoms with Crippen LogP contribution in [-0.4, -0.2) is 45.5 Å². The van der Waals surface area contributed by atoms with Gasteiger partial charge in [0.1, 0.15) is 11.6 Å². The molecule has 1 amide bonds. The lowest BCUT2D eigenvalue weighted by atomic mass is 10.2. The molecule has 0 aliphatic heterocycles. The van der Waals surface area contributed by atoms with E-state index in [4.69, 9.17) is 15.5 Å². The van der Waals surface area contributed by atoms with Gasteiger partial charge >= 0.3 is 6.09 Å². The van der Waals surface area contributed by atoms with Gasteiger partial charge in [-0.05, 0) is 52.0 Å². The fourth-order valence-electron chi connectivity index (χ4n) is 2.26. The lowest BCUT2D eigenvalue weighted by Gasteiger charge is -2.28.